The van der Waals surface area contributed by atoms with Crippen molar-refractivity contribution in [3.05, 3.63) is 47.1 Å². The van der Waals surface area contributed by atoms with Crippen molar-refractivity contribution in [2.75, 3.05) is 26.1 Å². The Hall–Kier alpha value is -1.98. The second kappa shape index (κ2) is 7.15. The van der Waals surface area contributed by atoms with E-state index < -0.39 is 6.10 Å². The Balaban J connectivity index is 2.05. The van der Waals surface area contributed by atoms with Gasteiger partial charge in [0.2, 0.25) is 0 Å². The molecular formula is C15H17ClN2O3. The Labute approximate surface area is 128 Å². The van der Waals surface area contributed by atoms with Gasteiger partial charge in [-0.3, -0.25) is 0 Å². The minimum atomic E-state index is -0.716. The zero-order valence-corrected chi connectivity index (χ0v) is 12.6. The molecule has 2 rings (SSSR count). The van der Waals surface area contributed by atoms with Crippen molar-refractivity contribution < 1.29 is 14.6 Å². The average molecular weight is 309 g/mol. The number of nitrogens with one attached hydrogen (secondary N) is 1. The third-order valence-corrected chi connectivity index (χ3v) is 3.19. The molecule has 0 aliphatic heterocycles. The Bertz CT molecular complexity index is 568. The molecule has 0 spiro atoms. The van der Waals surface area contributed by atoms with Crippen LogP contribution in [0.3, 0.4) is 0 Å². The van der Waals surface area contributed by atoms with E-state index >= 15 is 0 Å². The van der Waals surface area contributed by atoms with E-state index in [0.717, 1.165) is 0 Å². The first-order valence-corrected chi connectivity index (χ1v) is 6.76. The molecule has 1 atom stereocenters. The summed E-state index contributed by atoms with van der Waals surface area (Å²) in [5.74, 6) is 1.91. The molecular weight excluding hydrogens is 292 g/mol. The maximum Gasteiger partial charge on any atom is 0.126 e. The molecule has 112 valence electrons. The Morgan fingerprint density at radius 2 is 1.86 bits per heavy atom. The van der Waals surface area contributed by atoms with Gasteiger partial charge in [-0.25, -0.2) is 4.98 Å². The normalized spacial score (nSPS) is 11.8. The summed E-state index contributed by atoms with van der Waals surface area (Å²) in [5.41, 5.74) is 0.702. The van der Waals surface area contributed by atoms with Gasteiger partial charge in [-0.2, -0.15) is 0 Å². The van der Waals surface area contributed by atoms with Crippen molar-refractivity contribution in [1.82, 2.24) is 4.98 Å². The number of benzene rings is 1. The second-order valence-corrected chi connectivity index (χ2v) is 4.84. The molecule has 0 radical (unpaired) electrons. The highest BCUT2D eigenvalue weighted by atomic mass is 35.5. The quantitative estimate of drug-likeness (QED) is 0.859. The molecule has 6 heteroatoms. The van der Waals surface area contributed by atoms with Gasteiger partial charge in [0.15, 0.2) is 0 Å². The van der Waals surface area contributed by atoms with E-state index in [4.69, 9.17) is 21.1 Å². The van der Waals surface area contributed by atoms with E-state index in [1.807, 2.05) is 0 Å². The van der Waals surface area contributed by atoms with Gasteiger partial charge in [0.1, 0.15) is 17.3 Å². The fraction of sp³-hybridized carbons (Fsp3) is 0.267. The van der Waals surface area contributed by atoms with Crippen LogP contribution in [0, 0.1) is 0 Å². The fourth-order valence-corrected chi connectivity index (χ4v) is 1.93. The Kier molecular flexibility index (Phi) is 5.25. The van der Waals surface area contributed by atoms with Gasteiger partial charge in [0.05, 0.1) is 25.3 Å². The number of rotatable bonds is 6. The predicted molar refractivity (Wildman–Crippen MR) is 82.2 cm³/mol. The number of pyridine rings is 1. The monoisotopic (exact) mass is 308 g/mol. The molecule has 2 N–H and O–H groups in total. The van der Waals surface area contributed by atoms with Crippen molar-refractivity contribution in [1.29, 1.82) is 0 Å². The number of methoxy groups -OCH3 is 2. The zero-order valence-electron chi connectivity index (χ0n) is 11.8. The van der Waals surface area contributed by atoms with Crippen LogP contribution in [-0.2, 0) is 0 Å². The van der Waals surface area contributed by atoms with E-state index in [0.29, 0.717) is 34.4 Å². The molecule has 2 aromatic rings. The van der Waals surface area contributed by atoms with Gasteiger partial charge >= 0.3 is 0 Å². The maximum atomic E-state index is 10.2. The molecule has 5 nitrogen and oxygen atoms in total. The van der Waals surface area contributed by atoms with Gasteiger partial charge in [0, 0.05) is 18.8 Å². The molecule has 0 saturated heterocycles. The van der Waals surface area contributed by atoms with Crippen molar-refractivity contribution in [3.8, 4) is 11.5 Å². The van der Waals surface area contributed by atoms with Crippen molar-refractivity contribution in [3.63, 3.8) is 0 Å². The highest BCUT2D eigenvalue weighted by Gasteiger charge is 2.11. The minimum Gasteiger partial charge on any atom is -0.497 e. The summed E-state index contributed by atoms with van der Waals surface area (Å²) in [6.45, 7) is 0.310. The molecule has 21 heavy (non-hydrogen) atoms. The topological polar surface area (TPSA) is 63.6 Å². The predicted octanol–water partition coefficient (Wildman–Crippen LogP) is 2.90. The lowest BCUT2D eigenvalue weighted by atomic mass is 10.1. The van der Waals surface area contributed by atoms with Crippen LogP contribution in [0.5, 0.6) is 11.5 Å². The van der Waals surface area contributed by atoms with Crippen LogP contribution in [-0.4, -0.2) is 30.9 Å². The van der Waals surface area contributed by atoms with Crippen molar-refractivity contribution >= 4 is 17.4 Å². The van der Waals surface area contributed by atoms with E-state index in [2.05, 4.69) is 10.3 Å². The van der Waals surface area contributed by atoms with Gasteiger partial charge < -0.3 is 19.9 Å². The average Bonchev–Trinajstić information content (AvgIpc) is 2.53. The van der Waals surface area contributed by atoms with Crippen LogP contribution < -0.4 is 14.8 Å². The summed E-state index contributed by atoms with van der Waals surface area (Å²) < 4.78 is 10.4. The van der Waals surface area contributed by atoms with Gasteiger partial charge in [-0.05, 0) is 29.8 Å². The number of aromatic nitrogens is 1. The smallest absolute Gasteiger partial charge is 0.126 e. The van der Waals surface area contributed by atoms with Crippen LogP contribution in [0.1, 0.15) is 11.7 Å². The Morgan fingerprint density at radius 3 is 2.38 bits per heavy atom. The van der Waals surface area contributed by atoms with Crippen molar-refractivity contribution in [2.45, 2.75) is 6.10 Å². The highest BCUT2D eigenvalue weighted by molar-refractivity contribution is 6.30. The summed E-state index contributed by atoms with van der Waals surface area (Å²) >= 11 is 5.77. The SMILES string of the molecule is COc1cc(OC)cc(C(O)CNc2ccc(Cl)cn2)c1. The second-order valence-electron chi connectivity index (χ2n) is 4.40. The number of ether oxygens (including phenoxy) is 2. The lowest BCUT2D eigenvalue weighted by molar-refractivity contribution is 0.190. The first kappa shape index (κ1) is 15.4. The first-order chi connectivity index (χ1) is 10.1. The number of aliphatic hydroxyl groups is 1. The van der Waals surface area contributed by atoms with Gasteiger partial charge in [-0.1, -0.05) is 11.6 Å². The fourth-order valence-electron chi connectivity index (χ4n) is 1.82. The summed E-state index contributed by atoms with van der Waals surface area (Å²) in [6, 6.07) is 8.78. The van der Waals surface area contributed by atoms with E-state index in [9.17, 15) is 5.11 Å². The molecule has 0 aliphatic rings. The van der Waals surface area contributed by atoms with Crippen LogP contribution in [0.15, 0.2) is 36.5 Å². The number of hydrogen-bond donors (Lipinski definition) is 2. The molecule has 1 aromatic carbocycles. The number of nitrogens with zero attached hydrogens (tertiary/aromatic N) is 1. The van der Waals surface area contributed by atoms with E-state index in [1.54, 1.807) is 50.7 Å². The van der Waals surface area contributed by atoms with Crippen LogP contribution in [0.4, 0.5) is 5.82 Å². The molecule has 0 aliphatic carbocycles. The largest absolute Gasteiger partial charge is 0.497 e. The highest BCUT2D eigenvalue weighted by Crippen LogP contribution is 2.26. The van der Waals surface area contributed by atoms with Crippen LogP contribution >= 0.6 is 11.6 Å². The third kappa shape index (κ3) is 4.24. The van der Waals surface area contributed by atoms with Crippen LogP contribution in [0.25, 0.3) is 0 Å². The van der Waals surface area contributed by atoms with Gasteiger partial charge in [-0.15, -0.1) is 0 Å². The summed E-state index contributed by atoms with van der Waals surface area (Å²) in [6.07, 6.45) is 0.830. The summed E-state index contributed by atoms with van der Waals surface area (Å²) in [4.78, 5) is 4.11. The van der Waals surface area contributed by atoms with Crippen molar-refractivity contribution in [2.24, 2.45) is 0 Å². The first-order valence-electron chi connectivity index (χ1n) is 6.39. The maximum absolute atomic E-state index is 10.2. The molecule has 0 fully saturated rings. The molecule has 1 aromatic heterocycles. The van der Waals surface area contributed by atoms with E-state index in [-0.39, 0.29) is 0 Å². The molecule has 1 unspecified atom stereocenters. The minimum absolute atomic E-state index is 0.310. The standard InChI is InChI=1S/C15H17ClN2O3/c1-20-12-5-10(6-13(7-12)21-2)14(19)9-18-15-4-3-11(16)8-17-15/h3-8,14,19H,9H2,1-2H3,(H,17,18). The number of halogens is 1. The zero-order chi connectivity index (χ0) is 15.2. The van der Waals surface area contributed by atoms with E-state index in [1.165, 1.54) is 0 Å². The summed E-state index contributed by atoms with van der Waals surface area (Å²) in [7, 11) is 3.14. The Morgan fingerprint density at radius 1 is 1.19 bits per heavy atom. The van der Waals surface area contributed by atoms with Crippen LogP contribution in [0.2, 0.25) is 5.02 Å². The number of anilines is 1. The molecule has 0 saturated carbocycles. The lowest BCUT2D eigenvalue weighted by Gasteiger charge is -2.15. The molecule has 0 bridgehead atoms. The number of hydrogen-bond acceptors (Lipinski definition) is 5. The summed E-state index contributed by atoms with van der Waals surface area (Å²) in [5, 5.41) is 13.9. The lowest BCUT2D eigenvalue weighted by Crippen LogP contribution is -2.13. The molecule has 1 heterocycles. The molecule has 0 amide bonds. The van der Waals surface area contributed by atoms with Gasteiger partial charge in [0.25, 0.3) is 0 Å². The number of aliphatic hydroxyl groups excluding tert-OH is 1. The third-order valence-electron chi connectivity index (χ3n) is 2.96.